The van der Waals surface area contributed by atoms with Crippen LogP contribution in [0.15, 0.2) is 0 Å². The normalized spacial score (nSPS) is 21.1. The van der Waals surface area contributed by atoms with E-state index in [1.54, 1.807) is 0 Å². The summed E-state index contributed by atoms with van der Waals surface area (Å²) in [5.74, 6) is -1.18. The minimum atomic E-state index is -1.18. The van der Waals surface area contributed by atoms with Crippen molar-refractivity contribution < 1.29 is 29.3 Å². The van der Waals surface area contributed by atoms with Crippen molar-refractivity contribution in [1.82, 2.24) is 10.6 Å². The number of hydrogen-bond acceptors (Lipinski definition) is 5. The Morgan fingerprint density at radius 3 is 2.72 bits per heavy atom. The molecule has 1 fully saturated rings. The third-order valence-electron chi connectivity index (χ3n) is 2.40. The van der Waals surface area contributed by atoms with Crippen molar-refractivity contribution in [1.29, 1.82) is 0 Å². The van der Waals surface area contributed by atoms with E-state index >= 15 is 0 Å². The van der Waals surface area contributed by atoms with Crippen LogP contribution < -0.4 is 10.6 Å². The Morgan fingerprint density at radius 1 is 1.39 bits per heavy atom. The summed E-state index contributed by atoms with van der Waals surface area (Å²) in [6.45, 7) is 1.36. The molecule has 0 radical (unpaired) electrons. The maximum absolute atomic E-state index is 11.4. The summed E-state index contributed by atoms with van der Waals surface area (Å²) in [6.07, 6.45) is -0.253. The van der Waals surface area contributed by atoms with E-state index in [-0.39, 0.29) is 25.7 Å². The molecule has 1 rings (SSSR count). The molecular weight excluding hydrogens is 244 g/mol. The van der Waals surface area contributed by atoms with Gasteiger partial charge >= 0.3 is 12.0 Å². The van der Waals surface area contributed by atoms with Gasteiger partial charge in [-0.1, -0.05) is 0 Å². The highest BCUT2D eigenvalue weighted by Gasteiger charge is 2.20. The molecule has 18 heavy (non-hydrogen) atoms. The number of aliphatic carboxylic acids is 1. The molecule has 1 unspecified atom stereocenters. The minimum Gasteiger partial charge on any atom is -0.480 e. The van der Waals surface area contributed by atoms with Crippen LogP contribution in [0, 0.1) is 0 Å². The first kappa shape index (κ1) is 14.7. The molecule has 2 atom stereocenters. The molecule has 1 heterocycles. The van der Waals surface area contributed by atoms with Gasteiger partial charge in [0.05, 0.1) is 25.9 Å². The van der Waals surface area contributed by atoms with Gasteiger partial charge in [0, 0.05) is 19.6 Å². The van der Waals surface area contributed by atoms with Gasteiger partial charge in [0.15, 0.2) is 0 Å². The molecule has 1 aliphatic heterocycles. The lowest BCUT2D eigenvalue weighted by Crippen LogP contribution is -2.49. The molecule has 0 bridgehead atoms. The zero-order chi connectivity index (χ0) is 13.4. The van der Waals surface area contributed by atoms with Crippen molar-refractivity contribution in [3.8, 4) is 0 Å². The number of carboxylic acids is 1. The number of carbonyl (C=O) groups is 2. The molecule has 0 saturated carbocycles. The number of nitrogens with one attached hydrogen (secondary N) is 2. The zero-order valence-corrected chi connectivity index (χ0v) is 9.92. The Balaban J connectivity index is 2.24. The maximum atomic E-state index is 11.4. The van der Waals surface area contributed by atoms with Gasteiger partial charge in [0.2, 0.25) is 0 Å². The highest BCUT2D eigenvalue weighted by molar-refractivity contribution is 5.82. The van der Waals surface area contributed by atoms with Gasteiger partial charge in [0.25, 0.3) is 0 Å². The molecule has 0 spiro atoms. The fraction of sp³-hybridized carbons (Fsp3) is 0.800. The SMILES string of the molecule is O=C(NCC1COCCO1)N[C@H](CCO)C(=O)O. The number of ether oxygens (including phenoxy) is 2. The van der Waals surface area contributed by atoms with Crippen LogP contribution in [0.25, 0.3) is 0 Å². The molecule has 8 nitrogen and oxygen atoms in total. The topological polar surface area (TPSA) is 117 Å². The Labute approximate surface area is 104 Å². The van der Waals surface area contributed by atoms with Crippen molar-refractivity contribution in [2.24, 2.45) is 0 Å². The lowest BCUT2D eigenvalue weighted by Gasteiger charge is -2.23. The lowest BCUT2D eigenvalue weighted by atomic mass is 10.2. The number of urea groups is 1. The van der Waals surface area contributed by atoms with Crippen molar-refractivity contribution in [2.75, 3.05) is 33.0 Å². The standard InChI is InChI=1S/C10H18N2O6/c13-2-1-8(9(14)15)12-10(16)11-5-7-6-17-3-4-18-7/h7-8,13H,1-6H2,(H,14,15)(H2,11,12,16)/t7?,8-/m1/s1. The van der Waals surface area contributed by atoms with Crippen molar-refractivity contribution in [3.05, 3.63) is 0 Å². The lowest BCUT2D eigenvalue weighted by molar-refractivity contribution is -0.139. The molecular formula is C10H18N2O6. The second kappa shape index (κ2) is 7.85. The van der Waals surface area contributed by atoms with E-state index in [0.717, 1.165) is 0 Å². The summed E-state index contributed by atoms with van der Waals surface area (Å²) >= 11 is 0. The van der Waals surface area contributed by atoms with Crippen molar-refractivity contribution in [3.63, 3.8) is 0 Å². The smallest absolute Gasteiger partial charge is 0.326 e. The van der Waals surface area contributed by atoms with E-state index < -0.39 is 18.0 Å². The first-order valence-corrected chi connectivity index (χ1v) is 5.71. The van der Waals surface area contributed by atoms with E-state index in [1.807, 2.05) is 0 Å². The van der Waals surface area contributed by atoms with Crippen LogP contribution in [0.1, 0.15) is 6.42 Å². The highest BCUT2D eigenvalue weighted by Crippen LogP contribution is 1.99. The average molecular weight is 262 g/mol. The van der Waals surface area contributed by atoms with Gasteiger partial charge in [-0.15, -0.1) is 0 Å². The molecule has 0 aromatic heterocycles. The van der Waals surface area contributed by atoms with E-state index in [4.69, 9.17) is 19.7 Å². The summed E-state index contributed by atoms with van der Waals surface area (Å²) in [5, 5.41) is 22.2. The van der Waals surface area contributed by atoms with Gasteiger partial charge in [-0.3, -0.25) is 0 Å². The molecule has 1 aliphatic rings. The molecule has 0 aliphatic carbocycles. The molecule has 4 N–H and O–H groups in total. The number of hydrogen-bond donors (Lipinski definition) is 4. The fourth-order valence-corrected chi connectivity index (χ4v) is 1.46. The van der Waals surface area contributed by atoms with Crippen LogP contribution >= 0.6 is 0 Å². The van der Waals surface area contributed by atoms with E-state index in [2.05, 4.69) is 10.6 Å². The number of aliphatic hydroxyl groups excluding tert-OH is 1. The Hall–Kier alpha value is -1.38. The van der Waals surface area contributed by atoms with Gasteiger partial charge in [-0.2, -0.15) is 0 Å². The van der Waals surface area contributed by atoms with Crippen molar-refractivity contribution in [2.45, 2.75) is 18.6 Å². The van der Waals surface area contributed by atoms with Gasteiger partial charge < -0.3 is 30.3 Å². The molecule has 0 aromatic rings. The fourth-order valence-electron chi connectivity index (χ4n) is 1.46. The Bertz CT molecular complexity index is 280. The van der Waals surface area contributed by atoms with E-state index in [1.165, 1.54) is 0 Å². The second-order valence-electron chi connectivity index (χ2n) is 3.83. The molecule has 8 heteroatoms. The zero-order valence-electron chi connectivity index (χ0n) is 9.92. The monoisotopic (exact) mass is 262 g/mol. The summed E-state index contributed by atoms with van der Waals surface area (Å²) in [4.78, 5) is 22.1. The number of amides is 2. The number of carbonyl (C=O) groups excluding carboxylic acids is 1. The minimum absolute atomic E-state index is 0.0359. The summed E-state index contributed by atoms with van der Waals surface area (Å²) < 4.78 is 10.5. The predicted octanol–water partition coefficient (Wildman–Crippen LogP) is -1.46. The predicted molar refractivity (Wildman–Crippen MR) is 60.2 cm³/mol. The summed E-state index contributed by atoms with van der Waals surface area (Å²) in [5.41, 5.74) is 0. The van der Waals surface area contributed by atoms with Crippen LogP contribution in [0.3, 0.4) is 0 Å². The van der Waals surface area contributed by atoms with E-state index in [0.29, 0.717) is 19.8 Å². The summed E-state index contributed by atoms with van der Waals surface area (Å²) in [7, 11) is 0. The quantitative estimate of drug-likeness (QED) is 0.464. The molecule has 0 aromatic carbocycles. The first-order valence-electron chi connectivity index (χ1n) is 5.71. The van der Waals surface area contributed by atoms with Gasteiger partial charge in [-0.25, -0.2) is 9.59 Å². The molecule has 2 amide bonds. The first-order chi connectivity index (χ1) is 8.63. The third kappa shape index (κ3) is 5.30. The van der Waals surface area contributed by atoms with Crippen LogP contribution in [-0.2, 0) is 14.3 Å². The second-order valence-corrected chi connectivity index (χ2v) is 3.83. The average Bonchev–Trinajstić information content (AvgIpc) is 2.37. The van der Waals surface area contributed by atoms with Crippen LogP contribution in [-0.4, -0.2) is 67.3 Å². The third-order valence-corrected chi connectivity index (χ3v) is 2.40. The molecule has 1 saturated heterocycles. The van der Waals surface area contributed by atoms with Crippen LogP contribution in [0.2, 0.25) is 0 Å². The van der Waals surface area contributed by atoms with Gasteiger partial charge in [-0.05, 0) is 0 Å². The number of carboxylic acid groups (broad SMARTS) is 1. The number of aliphatic hydroxyl groups is 1. The summed E-state index contributed by atoms with van der Waals surface area (Å²) in [6, 6.07) is -1.71. The van der Waals surface area contributed by atoms with E-state index in [9.17, 15) is 9.59 Å². The Kier molecular flexibility index (Phi) is 6.40. The molecule has 104 valence electrons. The highest BCUT2D eigenvalue weighted by atomic mass is 16.6. The largest absolute Gasteiger partial charge is 0.480 e. The maximum Gasteiger partial charge on any atom is 0.326 e. The van der Waals surface area contributed by atoms with Gasteiger partial charge in [0.1, 0.15) is 6.04 Å². The van der Waals surface area contributed by atoms with Crippen molar-refractivity contribution >= 4 is 12.0 Å². The Morgan fingerprint density at radius 2 is 2.17 bits per heavy atom. The number of rotatable bonds is 6. The van der Waals surface area contributed by atoms with Crippen LogP contribution in [0.4, 0.5) is 4.79 Å². The van der Waals surface area contributed by atoms with Crippen LogP contribution in [0.5, 0.6) is 0 Å².